The summed E-state index contributed by atoms with van der Waals surface area (Å²) < 4.78 is 5.17. The topological polar surface area (TPSA) is 52.0 Å². The van der Waals surface area contributed by atoms with Gasteiger partial charge in [0.2, 0.25) is 0 Å². The fourth-order valence-electron chi connectivity index (χ4n) is 1.63. The summed E-state index contributed by atoms with van der Waals surface area (Å²) >= 11 is 0. The molecule has 0 aliphatic carbocycles. The van der Waals surface area contributed by atoms with Crippen LogP contribution in [0.2, 0.25) is 0 Å². The first kappa shape index (κ1) is 10.7. The van der Waals surface area contributed by atoms with E-state index in [0.29, 0.717) is 5.82 Å². The van der Waals surface area contributed by atoms with Gasteiger partial charge in [-0.25, -0.2) is 0 Å². The van der Waals surface area contributed by atoms with Crippen LogP contribution in [0.25, 0.3) is 0 Å². The predicted molar refractivity (Wildman–Crippen MR) is 64.2 cm³/mol. The molecular weight excluding hydrogens is 200 g/mol. The van der Waals surface area contributed by atoms with Gasteiger partial charge < -0.3 is 10.3 Å². The molecule has 0 radical (unpaired) electrons. The second-order valence-corrected chi connectivity index (χ2v) is 4.10. The Morgan fingerprint density at radius 2 is 1.81 bits per heavy atom. The largest absolute Gasteiger partial charge is 0.381 e. The number of nitrogen functional groups attached to an aromatic ring is 1. The van der Waals surface area contributed by atoms with Crippen LogP contribution < -0.4 is 5.73 Å². The number of aryl methyl sites for hydroxylation is 3. The van der Waals surface area contributed by atoms with Crippen molar-refractivity contribution in [1.82, 2.24) is 5.16 Å². The van der Waals surface area contributed by atoms with Crippen molar-refractivity contribution in [3.63, 3.8) is 0 Å². The third-order valence-corrected chi connectivity index (χ3v) is 2.82. The normalized spacial score (nSPS) is 10.6. The molecule has 84 valence electrons. The molecule has 1 aromatic carbocycles. The van der Waals surface area contributed by atoms with Crippen LogP contribution in [-0.4, -0.2) is 5.16 Å². The number of benzene rings is 1. The maximum atomic E-state index is 5.62. The first-order chi connectivity index (χ1) is 7.66. The zero-order valence-electron chi connectivity index (χ0n) is 9.66. The maximum absolute atomic E-state index is 5.62. The molecule has 0 aliphatic rings. The highest BCUT2D eigenvalue weighted by atomic mass is 16.5. The number of hydrogen-bond acceptors (Lipinski definition) is 3. The number of nitrogens with two attached hydrogens (primary N) is 1. The van der Waals surface area contributed by atoms with Gasteiger partial charge in [0.1, 0.15) is 5.76 Å². The van der Waals surface area contributed by atoms with E-state index in [1.165, 1.54) is 11.1 Å². The molecule has 0 bridgehead atoms. The van der Waals surface area contributed by atoms with Gasteiger partial charge in [-0.1, -0.05) is 35.0 Å². The molecule has 1 heterocycles. The van der Waals surface area contributed by atoms with Gasteiger partial charge in [-0.3, -0.25) is 0 Å². The van der Waals surface area contributed by atoms with Crippen LogP contribution in [0.15, 0.2) is 28.8 Å². The molecule has 2 rings (SSSR count). The van der Waals surface area contributed by atoms with Gasteiger partial charge >= 0.3 is 0 Å². The number of nitrogens with zero attached hydrogens (tertiary/aromatic N) is 1. The molecule has 0 unspecified atom stereocenters. The molecule has 2 N–H and O–H groups in total. The Labute approximate surface area is 95.3 Å². The molecule has 0 saturated carbocycles. The number of aromatic nitrogens is 1. The quantitative estimate of drug-likeness (QED) is 0.858. The maximum Gasteiger partial charge on any atom is 0.169 e. The first-order valence-electron chi connectivity index (χ1n) is 5.43. The van der Waals surface area contributed by atoms with Crippen molar-refractivity contribution < 1.29 is 4.52 Å². The van der Waals surface area contributed by atoms with Gasteiger partial charge in [0, 0.05) is 12.0 Å². The van der Waals surface area contributed by atoms with Gasteiger partial charge in [0.15, 0.2) is 5.82 Å². The highest BCUT2D eigenvalue weighted by molar-refractivity contribution is 5.39. The summed E-state index contributed by atoms with van der Waals surface area (Å²) in [6.45, 7) is 4.03. The monoisotopic (exact) mass is 216 g/mol. The summed E-state index contributed by atoms with van der Waals surface area (Å²) in [7, 11) is 0. The third-order valence-electron chi connectivity index (χ3n) is 2.82. The number of rotatable bonds is 3. The van der Waals surface area contributed by atoms with Crippen molar-refractivity contribution in [1.29, 1.82) is 0 Å². The molecule has 3 heteroatoms. The van der Waals surface area contributed by atoms with E-state index in [-0.39, 0.29) is 0 Å². The molecule has 1 aromatic heterocycles. The van der Waals surface area contributed by atoms with Gasteiger partial charge in [-0.15, -0.1) is 0 Å². The molecule has 16 heavy (non-hydrogen) atoms. The van der Waals surface area contributed by atoms with E-state index < -0.39 is 0 Å². The second kappa shape index (κ2) is 4.39. The zero-order valence-corrected chi connectivity index (χ0v) is 9.66. The van der Waals surface area contributed by atoms with Crippen LogP contribution in [0, 0.1) is 13.8 Å². The molecule has 0 aliphatic heterocycles. The van der Waals surface area contributed by atoms with Crippen LogP contribution in [0.5, 0.6) is 0 Å². The van der Waals surface area contributed by atoms with E-state index in [0.717, 1.165) is 24.2 Å². The lowest BCUT2D eigenvalue weighted by Crippen LogP contribution is -1.93. The molecule has 0 spiro atoms. The van der Waals surface area contributed by atoms with E-state index >= 15 is 0 Å². The summed E-state index contributed by atoms with van der Waals surface area (Å²) in [5, 5.41) is 3.75. The van der Waals surface area contributed by atoms with Crippen molar-refractivity contribution in [3.05, 3.63) is 46.7 Å². The van der Waals surface area contributed by atoms with Crippen LogP contribution in [0.3, 0.4) is 0 Å². The fraction of sp³-hybridized carbons (Fsp3) is 0.308. The Hall–Kier alpha value is -1.77. The second-order valence-electron chi connectivity index (χ2n) is 4.10. The van der Waals surface area contributed by atoms with E-state index in [9.17, 15) is 0 Å². The minimum absolute atomic E-state index is 0.499. The SMILES string of the molecule is Cc1ccc(CCc2onc(N)c2C)cc1. The Bertz CT molecular complexity index is 471. The lowest BCUT2D eigenvalue weighted by atomic mass is 10.1. The summed E-state index contributed by atoms with van der Waals surface area (Å²) in [4.78, 5) is 0. The fourth-order valence-corrected chi connectivity index (χ4v) is 1.63. The van der Waals surface area contributed by atoms with E-state index in [1.807, 2.05) is 6.92 Å². The van der Waals surface area contributed by atoms with Crippen molar-refractivity contribution >= 4 is 5.82 Å². The zero-order chi connectivity index (χ0) is 11.5. The Balaban J connectivity index is 2.02. The first-order valence-corrected chi connectivity index (χ1v) is 5.43. The molecule has 2 aromatic rings. The smallest absolute Gasteiger partial charge is 0.169 e. The van der Waals surface area contributed by atoms with Crippen molar-refractivity contribution in [3.8, 4) is 0 Å². The van der Waals surface area contributed by atoms with Gasteiger partial charge in [0.05, 0.1) is 0 Å². The van der Waals surface area contributed by atoms with E-state index in [4.69, 9.17) is 10.3 Å². The summed E-state index contributed by atoms with van der Waals surface area (Å²) in [5.74, 6) is 1.39. The molecule has 3 nitrogen and oxygen atoms in total. The lowest BCUT2D eigenvalue weighted by molar-refractivity contribution is 0.385. The van der Waals surface area contributed by atoms with Crippen LogP contribution >= 0.6 is 0 Å². The Kier molecular flexibility index (Phi) is 2.95. The van der Waals surface area contributed by atoms with Gasteiger partial charge in [-0.2, -0.15) is 0 Å². The van der Waals surface area contributed by atoms with Crippen molar-refractivity contribution in [2.45, 2.75) is 26.7 Å². The average Bonchev–Trinajstić information content (AvgIpc) is 2.60. The van der Waals surface area contributed by atoms with Crippen LogP contribution in [-0.2, 0) is 12.8 Å². The lowest BCUT2D eigenvalue weighted by Gasteiger charge is -2.00. The highest BCUT2D eigenvalue weighted by Crippen LogP contribution is 2.16. The predicted octanol–water partition coefficient (Wildman–Crippen LogP) is 2.66. The summed E-state index contributed by atoms with van der Waals surface area (Å²) in [6, 6.07) is 8.53. The summed E-state index contributed by atoms with van der Waals surface area (Å²) in [6.07, 6.45) is 1.80. The third kappa shape index (κ3) is 2.24. The minimum Gasteiger partial charge on any atom is -0.381 e. The van der Waals surface area contributed by atoms with Gasteiger partial charge in [-0.05, 0) is 25.8 Å². The molecule has 0 saturated heterocycles. The molecule has 0 atom stereocenters. The van der Waals surface area contributed by atoms with Crippen LogP contribution in [0.1, 0.15) is 22.5 Å². The average molecular weight is 216 g/mol. The molecule has 0 fully saturated rings. The molecular formula is C13H16N2O. The highest BCUT2D eigenvalue weighted by Gasteiger charge is 2.08. The molecule has 0 amide bonds. The minimum atomic E-state index is 0.499. The number of anilines is 1. The van der Waals surface area contributed by atoms with E-state index in [2.05, 4.69) is 36.3 Å². The van der Waals surface area contributed by atoms with Gasteiger partial charge in [0.25, 0.3) is 0 Å². The Morgan fingerprint density at radius 1 is 1.12 bits per heavy atom. The Morgan fingerprint density at radius 3 is 2.38 bits per heavy atom. The van der Waals surface area contributed by atoms with E-state index in [1.54, 1.807) is 0 Å². The standard InChI is InChI=1S/C13H16N2O/c1-9-3-5-11(6-4-9)7-8-12-10(2)13(14)15-16-12/h3-6H,7-8H2,1-2H3,(H2,14,15). The van der Waals surface area contributed by atoms with Crippen LogP contribution in [0.4, 0.5) is 5.82 Å². The summed E-state index contributed by atoms with van der Waals surface area (Å²) in [5.41, 5.74) is 9.18. The number of hydrogen-bond donors (Lipinski definition) is 1. The van der Waals surface area contributed by atoms with Crippen molar-refractivity contribution in [2.24, 2.45) is 0 Å². The van der Waals surface area contributed by atoms with Crippen molar-refractivity contribution in [2.75, 3.05) is 5.73 Å².